The van der Waals surface area contributed by atoms with Gasteiger partial charge in [0.2, 0.25) is 0 Å². The lowest BCUT2D eigenvalue weighted by atomic mass is 10.0. The van der Waals surface area contributed by atoms with Gasteiger partial charge in [0.05, 0.1) is 24.4 Å². The molecule has 2 rings (SSSR count). The SMILES string of the molecule is CCOC(=O)COc1c(Br)cc(C=NNC(=O)C(CC(C)C)NC(=O)c2ccc(Cl)cc2)cc1OC. The summed E-state index contributed by atoms with van der Waals surface area (Å²) in [6.45, 7) is 5.59. The molecular formula is C25H29BrClN3O6. The van der Waals surface area contributed by atoms with Crippen molar-refractivity contribution in [1.82, 2.24) is 10.7 Å². The summed E-state index contributed by atoms with van der Waals surface area (Å²) in [4.78, 5) is 37.0. The molecule has 0 saturated carbocycles. The Bertz CT molecular complexity index is 1090. The zero-order valence-corrected chi connectivity index (χ0v) is 22.8. The van der Waals surface area contributed by atoms with Gasteiger partial charge in [-0.3, -0.25) is 9.59 Å². The number of ether oxygens (including phenoxy) is 3. The van der Waals surface area contributed by atoms with Crippen molar-refractivity contribution in [2.24, 2.45) is 11.0 Å². The number of esters is 1. The molecule has 0 aliphatic heterocycles. The molecule has 2 amide bonds. The summed E-state index contributed by atoms with van der Waals surface area (Å²) in [5, 5.41) is 7.28. The maximum atomic E-state index is 12.8. The number of amides is 2. The predicted molar refractivity (Wildman–Crippen MR) is 141 cm³/mol. The van der Waals surface area contributed by atoms with Gasteiger partial charge in [0.15, 0.2) is 18.1 Å². The highest BCUT2D eigenvalue weighted by atomic mass is 79.9. The molecule has 36 heavy (non-hydrogen) atoms. The summed E-state index contributed by atoms with van der Waals surface area (Å²) >= 11 is 9.27. The van der Waals surface area contributed by atoms with Gasteiger partial charge in [-0.1, -0.05) is 25.4 Å². The van der Waals surface area contributed by atoms with Gasteiger partial charge in [-0.15, -0.1) is 0 Å². The number of hydrogen-bond donors (Lipinski definition) is 2. The maximum Gasteiger partial charge on any atom is 0.344 e. The standard InChI is InChI=1S/C25H29BrClN3O6/c1-5-35-22(31)14-36-23-19(26)11-16(12-21(23)34-4)13-28-30-25(33)20(10-15(2)3)29-24(32)17-6-8-18(27)9-7-17/h6-9,11-13,15,20H,5,10,14H2,1-4H3,(H,29,32)(H,30,33). The first-order valence-corrected chi connectivity index (χ1v) is 12.4. The molecule has 0 fully saturated rings. The Morgan fingerprint density at radius 3 is 2.47 bits per heavy atom. The molecule has 0 bridgehead atoms. The summed E-state index contributed by atoms with van der Waals surface area (Å²) < 4.78 is 16.2. The van der Waals surface area contributed by atoms with E-state index in [2.05, 4.69) is 31.8 Å². The lowest BCUT2D eigenvalue weighted by Crippen LogP contribution is -2.46. The number of nitrogens with zero attached hydrogens (tertiary/aromatic N) is 1. The highest BCUT2D eigenvalue weighted by Crippen LogP contribution is 2.36. The van der Waals surface area contributed by atoms with Crippen LogP contribution < -0.4 is 20.2 Å². The highest BCUT2D eigenvalue weighted by Gasteiger charge is 2.22. The summed E-state index contributed by atoms with van der Waals surface area (Å²) in [6.07, 6.45) is 1.85. The molecule has 0 heterocycles. The minimum absolute atomic E-state index is 0.151. The Balaban J connectivity index is 2.08. The highest BCUT2D eigenvalue weighted by molar-refractivity contribution is 9.10. The number of hydrogen-bond acceptors (Lipinski definition) is 7. The second-order valence-electron chi connectivity index (χ2n) is 8.02. The van der Waals surface area contributed by atoms with Crippen molar-refractivity contribution in [1.29, 1.82) is 0 Å². The Morgan fingerprint density at radius 1 is 1.17 bits per heavy atom. The molecule has 0 aliphatic rings. The van der Waals surface area contributed by atoms with E-state index in [1.165, 1.54) is 13.3 Å². The van der Waals surface area contributed by atoms with Gasteiger partial charge < -0.3 is 19.5 Å². The molecule has 11 heteroatoms. The van der Waals surface area contributed by atoms with Crippen LogP contribution >= 0.6 is 27.5 Å². The van der Waals surface area contributed by atoms with Crippen molar-refractivity contribution in [2.45, 2.75) is 33.2 Å². The number of halogens is 2. The maximum absolute atomic E-state index is 12.8. The second kappa shape index (κ2) is 14.4. The van der Waals surface area contributed by atoms with Gasteiger partial charge in [-0.25, -0.2) is 10.2 Å². The fourth-order valence-electron chi connectivity index (χ4n) is 3.08. The van der Waals surface area contributed by atoms with Gasteiger partial charge in [0, 0.05) is 10.6 Å². The predicted octanol–water partition coefficient (Wildman–Crippen LogP) is 4.35. The molecule has 0 radical (unpaired) electrons. The molecule has 2 N–H and O–H groups in total. The third kappa shape index (κ3) is 9.16. The minimum atomic E-state index is -0.787. The van der Waals surface area contributed by atoms with Gasteiger partial charge in [0.1, 0.15) is 6.04 Å². The number of nitrogens with one attached hydrogen (secondary N) is 2. The van der Waals surface area contributed by atoms with Crippen LogP contribution in [-0.4, -0.2) is 50.4 Å². The molecule has 1 unspecified atom stereocenters. The van der Waals surface area contributed by atoms with E-state index in [-0.39, 0.29) is 25.0 Å². The molecular weight excluding hydrogens is 554 g/mol. The molecule has 0 aromatic heterocycles. The molecule has 0 saturated heterocycles. The molecule has 2 aromatic rings. The number of carbonyl (C=O) groups excluding carboxylic acids is 3. The first-order chi connectivity index (χ1) is 17.1. The lowest BCUT2D eigenvalue weighted by molar-refractivity contribution is -0.145. The topological polar surface area (TPSA) is 115 Å². The number of rotatable bonds is 12. The normalized spacial score (nSPS) is 11.8. The Hall–Kier alpha value is -3.11. The Kier molecular flexibility index (Phi) is 11.7. The number of benzene rings is 2. The summed E-state index contributed by atoms with van der Waals surface area (Å²) in [6, 6.07) is 8.93. The van der Waals surface area contributed by atoms with Gasteiger partial charge in [-0.2, -0.15) is 5.10 Å². The number of methoxy groups -OCH3 is 1. The van der Waals surface area contributed by atoms with Crippen LogP contribution in [-0.2, 0) is 14.3 Å². The summed E-state index contributed by atoms with van der Waals surface area (Å²) in [5.74, 6) is -0.509. The number of hydrazone groups is 1. The van der Waals surface area contributed by atoms with Crippen LogP contribution in [0.4, 0.5) is 0 Å². The zero-order valence-electron chi connectivity index (χ0n) is 20.5. The van der Waals surface area contributed by atoms with Crippen LogP contribution in [0.1, 0.15) is 43.1 Å². The molecule has 2 aromatic carbocycles. The largest absolute Gasteiger partial charge is 0.493 e. The molecule has 194 valence electrons. The average Bonchev–Trinajstić information content (AvgIpc) is 2.82. The molecule has 1 atom stereocenters. The van der Waals surface area contributed by atoms with E-state index >= 15 is 0 Å². The van der Waals surface area contributed by atoms with Gasteiger partial charge in [-0.05, 0) is 77.2 Å². The van der Waals surface area contributed by atoms with E-state index in [9.17, 15) is 14.4 Å². The summed E-state index contributed by atoms with van der Waals surface area (Å²) in [7, 11) is 1.46. The van der Waals surface area contributed by atoms with Crippen LogP contribution in [0.3, 0.4) is 0 Å². The first kappa shape index (κ1) is 29.1. The van der Waals surface area contributed by atoms with E-state index in [0.29, 0.717) is 38.5 Å². The van der Waals surface area contributed by atoms with Crippen molar-refractivity contribution < 1.29 is 28.6 Å². The van der Waals surface area contributed by atoms with Crippen LogP contribution in [0.25, 0.3) is 0 Å². The zero-order chi connectivity index (χ0) is 26.7. The van der Waals surface area contributed by atoms with Crippen molar-refractivity contribution in [3.63, 3.8) is 0 Å². The third-order valence-electron chi connectivity index (χ3n) is 4.72. The average molecular weight is 583 g/mol. The van der Waals surface area contributed by atoms with E-state index in [4.69, 9.17) is 25.8 Å². The van der Waals surface area contributed by atoms with Crippen LogP contribution in [0.2, 0.25) is 5.02 Å². The van der Waals surface area contributed by atoms with Crippen LogP contribution in [0.5, 0.6) is 11.5 Å². The van der Waals surface area contributed by atoms with Crippen molar-refractivity contribution in [2.75, 3.05) is 20.3 Å². The third-order valence-corrected chi connectivity index (χ3v) is 5.56. The van der Waals surface area contributed by atoms with Crippen molar-refractivity contribution >= 4 is 51.5 Å². The molecule has 0 aliphatic carbocycles. The minimum Gasteiger partial charge on any atom is -0.493 e. The Morgan fingerprint density at radius 2 is 1.86 bits per heavy atom. The first-order valence-electron chi connectivity index (χ1n) is 11.2. The monoisotopic (exact) mass is 581 g/mol. The van der Waals surface area contributed by atoms with Crippen molar-refractivity contribution in [3.05, 3.63) is 57.0 Å². The number of carbonyl (C=O) groups is 3. The lowest BCUT2D eigenvalue weighted by Gasteiger charge is -2.19. The quantitative estimate of drug-likeness (QED) is 0.218. The molecule has 9 nitrogen and oxygen atoms in total. The Labute approximate surface area is 223 Å². The van der Waals surface area contributed by atoms with Crippen molar-refractivity contribution in [3.8, 4) is 11.5 Å². The van der Waals surface area contributed by atoms with Gasteiger partial charge in [0.25, 0.3) is 11.8 Å². The van der Waals surface area contributed by atoms with E-state index < -0.39 is 17.9 Å². The second-order valence-corrected chi connectivity index (χ2v) is 9.32. The van der Waals surface area contributed by atoms with Crippen LogP contribution in [0, 0.1) is 5.92 Å². The van der Waals surface area contributed by atoms with Crippen LogP contribution in [0.15, 0.2) is 46.0 Å². The summed E-state index contributed by atoms with van der Waals surface area (Å²) in [5.41, 5.74) is 3.46. The smallest absolute Gasteiger partial charge is 0.344 e. The fraction of sp³-hybridized carbons (Fsp3) is 0.360. The van der Waals surface area contributed by atoms with E-state index in [0.717, 1.165) is 0 Å². The fourth-order valence-corrected chi connectivity index (χ4v) is 3.78. The van der Waals surface area contributed by atoms with Gasteiger partial charge >= 0.3 is 5.97 Å². The van der Waals surface area contributed by atoms with E-state index in [1.54, 1.807) is 43.3 Å². The molecule has 0 spiro atoms. The van der Waals surface area contributed by atoms with E-state index in [1.807, 2.05) is 13.8 Å².